The van der Waals surface area contributed by atoms with Crippen molar-refractivity contribution < 1.29 is 5.11 Å². The topological polar surface area (TPSA) is 46.2 Å². The minimum atomic E-state index is -0.199. The molecule has 18 heavy (non-hydrogen) atoms. The Morgan fingerprint density at radius 1 is 1.33 bits per heavy atom. The summed E-state index contributed by atoms with van der Waals surface area (Å²) in [6.45, 7) is 7.45. The van der Waals surface area contributed by atoms with E-state index in [1.54, 1.807) is 0 Å². The molecule has 3 heteroatoms. The summed E-state index contributed by atoms with van der Waals surface area (Å²) in [6, 6.07) is 0. The van der Waals surface area contributed by atoms with Gasteiger partial charge >= 0.3 is 0 Å². The molecule has 1 atom stereocenters. The zero-order valence-corrected chi connectivity index (χ0v) is 13.1. The van der Waals surface area contributed by atoms with Gasteiger partial charge in [-0.1, -0.05) is 20.8 Å². The molecule has 0 heterocycles. The Kier molecular flexibility index (Phi) is 7.04. The molecule has 1 unspecified atom stereocenters. The first-order valence-electron chi connectivity index (χ1n) is 7.51. The van der Waals surface area contributed by atoms with E-state index in [0.717, 1.165) is 42.6 Å². The predicted molar refractivity (Wildman–Crippen MR) is 81.9 cm³/mol. The van der Waals surface area contributed by atoms with E-state index in [1.807, 2.05) is 11.8 Å². The molecule has 0 amide bonds. The van der Waals surface area contributed by atoms with Crippen LogP contribution in [-0.2, 0) is 0 Å². The highest BCUT2D eigenvalue weighted by Crippen LogP contribution is 2.44. The summed E-state index contributed by atoms with van der Waals surface area (Å²) < 4.78 is 0. The number of nitrogens with two attached hydrogens (primary N) is 1. The largest absolute Gasteiger partial charge is 0.392 e. The standard InChI is InChI=1S/C15H31NOS/c1-4-18-10-7-14(17)15(11-16)8-5-13(6-9-15)12(2)3/h12-14,17H,4-11,16H2,1-3H3. The summed E-state index contributed by atoms with van der Waals surface area (Å²) in [5.41, 5.74) is 6.01. The van der Waals surface area contributed by atoms with Crippen molar-refractivity contribution in [3.05, 3.63) is 0 Å². The maximum atomic E-state index is 10.5. The van der Waals surface area contributed by atoms with Gasteiger partial charge in [0.05, 0.1) is 6.10 Å². The van der Waals surface area contributed by atoms with Crippen molar-refractivity contribution in [1.29, 1.82) is 0 Å². The number of aliphatic hydroxyl groups excluding tert-OH is 1. The lowest BCUT2D eigenvalue weighted by Gasteiger charge is -2.43. The third-order valence-corrected chi connectivity index (χ3v) is 5.75. The van der Waals surface area contributed by atoms with E-state index in [-0.39, 0.29) is 11.5 Å². The lowest BCUT2D eigenvalue weighted by Crippen LogP contribution is -2.45. The zero-order valence-electron chi connectivity index (χ0n) is 12.3. The van der Waals surface area contributed by atoms with E-state index in [0.29, 0.717) is 6.54 Å². The maximum absolute atomic E-state index is 10.5. The second kappa shape index (κ2) is 7.76. The van der Waals surface area contributed by atoms with Crippen LogP contribution in [0.15, 0.2) is 0 Å². The Bertz CT molecular complexity index is 225. The number of aliphatic hydroxyl groups is 1. The molecule has 0 aliphatic heterocycles. The van der Waals surface area contributed by atoms with Gasteiger partial charge in [0.1, 0.15) is 0 Å². The molecule has 0 radical (unpaired) electrons. The highest BCUT2D eigenvalue weighted by atomic mass is 32.2. The second-order valence-electron chi connectivity index (χ2n) is 6.15. The van der Waals surface area contributed by atoms with Crippen molar-refractivity contribution >= 4 is 11.8 Å². The Morgan fingerprint density at radius 2 is 1.94 bits per heavy atom. The van der Waals surface area contributed by atoms with Gasteiger partial charge in [0.2, 0.25) is 0 Å². The van der Waals surface area contributed by atoms with Crippen LogP contribution in [0.5, 0.6) is 0 Å². The Balaban J connectivity index is 2.48. The number of thioether (sulfide) groups is 1. The molecule has 0 aromatic heterocycles. The van der Waals surface area contributed by atoms with E-state index >= 15 is 0 Å². The molecule has 1 aliphatic rings. The smallest absolute Gasteiger partial charge is 0.0616 e. The van der Waals surface area contributed by atoms with Crippen LogP contribution in [0.4, 0.5) is 0 Å². The van der Waals surface area contributed by atoms with Crippen molar-refractivity contribution in [3.8, 4) is 0 Å². The van der Waals surface area contributed by atoms with Gasteiger partial charge in [-0.15, -0.1) is 0 Å². The number of rotatable bonds is 7. The van der Waals surface area contributed by atoms with E-state index in [2.05, 4.69) is 20.8 Å². The van der Waals surface area contributed by atoms with Crippen molar-refractivity contribution in [3.63, 3.8) is 0 Å². The van der Waals surface area contributed by atoms with Crippen molar-refractivity contribution in [1.82, 2.24) is 0 Å². The molecule has 0 aromatic rings. The fourth-order valence-electron chi connectivity index (χ4n) is 3.20. The van der Waals surface area contributed by atoms with Crippen LogP contribution in [0.25, 0.3) is 0 Å². The van der Waals surface area contributed by atoms with Gasteiger partial charge in [-0.25, -0.2) is 0 Å². The zero-order chi connectivity index (χ0) is 13.6. The minimum Gasteiger partial charge on any atom is -0.392 e. The van der Waals surface area contributed by atoms with Crippen molar-refractivity contribution in [2.24, 2.45) is 23.0 Å². The highest BCUT2D eigenvalue weighted by molar-refractivity contribution is 7.99. The molecule has 0 bridgehead atoms. The van der Waals surface area contributed by atoms with E-state index in [4.69, 9.17) is 5.73 Å². The van der Waals surface area contributed by atoms with Crippen molar-refractivity contribution in [2.45, 2.75) is 59.0 Å². The normalized spacial score (nSPS) is 30.7. The van der Waals surface area contributed by atoms with Crippen molar-refractivity contribution in [2.75, 3.05) is 18.1 Å². The van der Waals surface area contributed by atoms with Gasteiger partial charge in [-0.05, 0) is 55.4 Å². The van der Waals surface area contributed by atoms with Crippen LogP contribution in [0.2, 0.25) is 0 Å². The molecule has 1 rings (SSSR count). The average Bonchev–Trinajstić information content (AvgIpc) is 2.38. The summed E-state index contributed by atoms with van der Waals surface area (Å²) in [6.07, 6.45) is 5.42. The fraction of sp³-hybridized carbons (Fsp3) is 1.00. The summed E-state index contributed by atoms with van der Waals surface area (Å²) in [5.74, 6) is 3.81. The van der Waals surface area contributed by atoms with Gasteiger partial charge in [0.15, 0.2) is 0 Å². The van der Waals surface area contributed by atoms with Gasteiger partial charge in [0.25, 0.3) is 0 Å². The summed E-state index contributed by atoms with van der Waals surface area (Å²) in [5, 5.41) is 10.5. The molecule has 108 valence electrons. The van der Waals surface area contributed by atoms with Gasteiger partial charge in [-0.2, -0.15) is 11.8 Å². The van der Waals surface area contributed by atoms with E-state index < -0.39 is 0 Å². The first kappa shape index (κ1) is 16.3. The van der Waals surface area contributed by atoms with Crippen LogP contribution in [0, 0.1) is 17.3 Å². The Morgan fingerprint density at radius 3 is 2.39 bits per heavy atom. The third-order valence-electron chi connectivity index (χ3n) is 4.82. The Labute approximate surface area is 117 Å². The molecular formula is C15H31NOS. The van der Waals surface area contributed by atoms with E-state index in [9.17, 15) is 5.11 Å². The molecule has 1 saturated carbocycles. The molecule has 1 aliphatic carbocycles. The first-order chi connectivity index (χ1) is 8.55. The SMILES string of the molecule is CCSCCC(O)C1(CN)CCC(C(C)C)CC1. The summed E-state index contributed by atoms with van der Waals surface area (Å²) in [4.78, 5) is 0. The monoisotopic (exact) mass is 273 g/mol. The molecule has 0 saturated heterocycles. The lowest BCUT2D eigenvalue weighted by molar-refractivity contribution is -0.0140. The van der Waals surface area contributed by atoms with Gasteiger partial charge in [0, 0.05) is 12.0 Å². The lowest BCUT2D eigenvalue weighted by atomic mass is 9.65. The summed E-state index contributed by atoms with van der Waals surface area (Å²) >= 11 is 1.91. The molecule has 3 N–H and O–H groups in total. The molecule has 1 fully saturated rings. The average molecular weight is 273 g/mol. The highest BCUT2D eigenvalue weighted by Gasteiger charge is 2.40. The molecular weight excluding hydrogens is 242 g/mol. The summed E-state index contributed by atoms with van der Waals surface area (Å²) in [7, 11) is 0. The first-order valence-corrected chi connectivity index (χ1v) is 8.67. The Hall–Kier alpha value is 0.270. The van der Waals surface area contributed by atoms with Gasteiger partial charge < -0.3 is 10.8 Å². The second-order valence-corrected chi connectivity index (χ2v) is 7.54. The van der Waals surface area contributed by atoms with Gasteiger partial charge in [-0.3, -0.25) is 0 Å². The van der Waals surface area contributed by atoms with Crippen LogP contribution >= 0.6 is 11.8 Å². The van der Waals surface area contributed by atoms with E-state index in [1.165, 1.54) is 12.8 Å². The third kappa shape index (κ3) is 4.14. The molecule has 0 aromatic carbocycles. The molecule has 0 spiro atoms. The van der Waals surface area contributed by atoms with Crippen LogP contribution in [0.3, 0.4) is 0 Å². The maximum Gasteiger partial charge on any atom is 0.0616 e. The molecule has 2 nitrogen and oxygen atoms in total. The van der Waals surface area contributed by atoms with Crippen LogP contribution < -0.4 is 5.73 Å². The van der Waals surface area contributed by atoms with Crippen LogP contribution in [-0.4, -0.2) is 29.3 Å². The number of hydrogen-bond donors (Lipinski definition) is 2. The predicted octanol–water partition coefficient (Wildman–Crippen LogP) is 3.28. The quantitative estimate of drug-likeness (QED) is 0.700. The number of hydrogen-bond acceptors (Lipinski definition) is 3. The fourth-order valence-corrected chi connectivity index (χ4v) is 3.88. The minimum absolute atomic E-state index is 0.0136. The van der Waals surface area contributed by atoms with Crippen LogP contribution in [0.1, 0.15) is 52.9 Å².